The Hall–Kier alpha value is -3.03. The van der Waals surface area contributed by atoms with Crippen LogP contribution < -0.4 is 10.1 Å². The Bertz CT molecular complexity index is 1130. The van der Waals surface area contributed by atoms with Crippen LogP contribution in [0, 0.1) is 5.82 Å². The average molecular weight is 395 g/mol. The van der Waals surface area contributed by atoms with Gasteiger partial charge in [0.15, 0.2) is 0 Å². The number of hydrazone groups is 1. The van der Waals surface area contributed by atoms with Crippen molar-refractivity contribution in [2.24, 2.45) is 10.2 Å². The molecule has 5 nitrogen and oxygen atoms in total. The van der Waals surface area contributed by atoms with E-state index in [9.17, 15) is 12.8 Å². The van der Waals surface area contributed by atoms with E-state index in [-0.39, 0.29) is 16.8 Å². The molecule has 0 amide bonds. The highest BCUT2D eigenvalue weighted by Crippen LogP contribution is 2.37. The minimum absolute atomic E-state index is 0.0187. The Kier molecular flexibility index (Phi) is 4.70. The fourth-order valence-electron chi connectivity index (χ4n) is 3.33. The number of primary sulfonamides is 1. The summed E-state index contributed by atoms with van der Waals surface area (Å²) in [5, 5.41) is 11.6. The molecule has 0 spiro atoms. The molecule has 142 valence electrons. The van der Waals surface area contributed by atoms with Crippen molar-refractivity contribution in [3.8, 4) is 0 Å². The van der Waals surface area contributed by atoms with Crippen molar-refractivity contribution < 1.29 is 12.8 Å². The van der Waals surface area contributed by atoms with Crippen LogP contribution in [0.2, 0.25) is 0 Å². The SMILES string of the molecule is NS(=O)(=O)c1ccc(N2N=C(c3ccccc3)C[C@@H]2c2ccccc2F)cc1. The van der Waals surface area contributed by atoms with E-state index < -0.39 is 10.0 Å². The quantitative estimate of drug-likeness (QED) is 0.729. The van der Waals surface area contributed by atoms with E-state index >= 15 is 0 Å². The highest BCUT2D eigenvalue weighted by atomic mass is 32.2. The fourth-order valence-corrected chi connectivity index (χ4v) is 3.85. The van der Waals surface area contributed by atoms with Gasteiger partial charge in [0.2, 0.25) is 10.0 Å². The van der Waals surface area contributed by atoms with Crippen molar-refractivity contribution in [3.63, 3.8) is 0 Å². The Morgan fingerprint density at radius 3 is 2.21 bits per heavy atom. The summed E-state index contributed by atoms with van der Waals surface area (Å²) in [5.41, 5.74) is 3.00. The number of benzene rings is 3. The molecule has 0 aliphatic carbocycles. The summed E-state index contributed by atoms with van der Waals surface area (Å²) in [6.45, 7) is 0. The summed E-state index contributed by atoms with van der Waals surface area (Å²) in [6.07, 6.45) is 0.530. The maximum Gasteiger partial charge on any atom is 0.238 e. The molecule has 4 rings (SSSR count). The van der Waals surface area contributed by atoms with Crippen LogP contribution in [-0.2, 0) is 10.0 Å². The lowest BCUT2D eigenvalue weighted by Gasteiger charge is -2.24. The number of rotatable bonds is 4. The molecular formula is C21H18FN3O2S. The summed E-state index contributed by atoms with van der Waals surface area (Å²) in [7, 11) is -3.78. The molecule has 0 aromatic heterocycles. The molecule has 0 fully saturated rings. The van der Waals surface area contributed by atoms with Gasteiger partial charge in [-0.05, 0) is 35.9 Å². The number of hydrogen-bond acceptors (Lipinski definition) is 4. The molecule has 0 saturated heterocycles. The number of halogens is 1. The van der Waals surface area contributed by atoms with E-state index in [0.29, 0.717) is 17.7 Å². The molecule has 1 aliphatic rings. The van der Waals surface area contributed by atoms with Gasteiger partial charge in [-0.3, -0.25) is 5.01 Å². The van der Waals surface area contributed by atoms with Gasteiger partial charge in [0.25, 0.3) is 0 Å². The van der Waals surface area contributed by atoms with Gasteiger partial charge in [0.05, 0.1) is 22.3 Å². The van der Waals surface area contributed by atoms with E-state index in [4.69, 9.17) is 10.2 Å². The molecule has 1 atom stereocenters. The molecule has 1 aliphatic heterocycles. The first kappa shape index (κ1) is 18.3. The number of anilines is 1. The molecule has 3 aromatic carbocycles. The average Bonchev–Trinajstić information content (AvgIpc) is 3.14. The number of hydrogen-bond donors (Lipinski definition) is 1. The lowest BCUT2D eigenvalue weighted by Crippen LogP contribution is -2.20. The molecule has 0 saturated carbocycles. The Labute approximate surface area is 163 Å². The van der Waals surface area contributed by atoms with Gasteiger partial charge in [-0.1, -0.05) is 48.5 Å². The summed E-state index contributed by atoms with van der Waals surface area (Å²) in [4.78, 5) is 0.0187. The van der Waals surface area contributed by atoms with Crippen molar-refractivity contribution in [1.82, 2.24) is 0 Å². The van der Waals surface area contributed by atoms with E-state index in [1.807, 2.05) is 30.3 Å². The van der Waals surface area contributed by atoms with Gasteiger partial charge in [-0.15, -0.1) is 0 Å². The van der Waals surface area contributed by atoms with Crippen LogP contribution in [0.15, 0.2) is 88.9 Å². The van der Waals surface area contributed by atoms with Gasteiger partial charge in [0, 0.05) is 12.0 Å². The normalized spacial score (nSPS) is 16.9. The molecular weight excluding hydrogens is 377 g/mol. The Morgan fingerprint density at radius 2 is 1.57 bits per heavy atom. The first-order valence-electron chi connectivity index (χ1n) is 8.73. The largest absolute Gasteiger partial charge is 0.257 e. The first-order valence-corrected chi connectivity index (χ1v) is 10.3. The second kappa shape index (κ2) is 7.18. The van der Waals surface area contributed by atoms with Crippen LogP contribution in [0.3, 0.4) is 0 Å². The van der Waals surface area contributed by atoms with Gasteiger partial charge < -0.3 is 0 Å². The fraction of sp³-hybridized carbons (Fsp3) is 0.0952. The summed E-state index contributed by atoms with van der Waals surface area (Å²) in [6, 6.07) is 22.1. The summed E-state index contributed by atoms with van der Waals surface area (Å²) < 4.78 is 37.5. The van der Waals surface area contributed by atoms with Crippen LogP contribution >= 0.6 is 0 Å². The first-order chi connectivity index (χ1) is 13.4. The molecule has 3 aromatic rings. The lowest BCUT2D eigenvalue weighted by atomic mass is 9.98. The van der Waals surface area contributed by atoms with E-state index in [1.165, 1.54) is 18.2 Å². The number of nitrogens with two attached hydrogens (primary N) is 1. The zero-order valence-corrected chi connectivity index (χ0v) is 15.7. The van der Waals surface area contributed by atoms with Crippen LogP contribution in [0.4, 0.5) is 10.1 Å². The third kappa shape index (κ3) is 3.54. The molecule has 0 unspecified atom stereocenters. The molecule has 1 heterocycles. The zero-order valence-electron chi connectivity index (χ0n) is 14.9. The second-order valence-electron chi connectivity index (χ2n) is 6.54. The smallest absolute Gasteiger partial charge is 0.238 e. The minimum atomic E-state index is -3.78. The number of nitrogens with zero attached hydrogens (tertiary/aromatic N) is 2. The molecule has 28 heavy (non-hydrogen) atoms. The van der Waals surface area contributed by atoms with Gasteiger partial charge in [-0.25, -0.2) is 17.9 Å². The van der Waals surface area contributed by atoms with Crippen molar-refractivity contribution in [2.45, 2.75) is 17.4 Å². The molecule has 0 bridgehead atoms. The maximum atomic E-state index is 14.5. The predicted molar refractivity (Wildman–Crippen MR) is 107 cm³/mol. The zero-order chi connectivity index (χ0) is 19.7. The molecule has 2 N–H and O–H groups in total. The Balaban J connectivity index is 1.77. The maximum absolute atomic E-state index is 14.5. The van der Waals surface area contributed by atoms with E-state index in [0.717, 1.165) is 11.3 Å². The predicted octanol–water partition coefficient (Wildman–Crippen LogP) is 3.83. The molecule has 0 radical (unpaired) electrons. The standard InChI is InChI=1S/C21H18FN3O2S/c22-19-9-5-4-8-18(19)21-14-20(15-6-2-1-3-7-15)24-25(21)16-10-12-17(13-11-16)28(23,26)27/h1-13,21H,14H2,(H2,23,26,27)/t21-/m1/s1. The van der Waals surface area contributed by atoms with Gasteiger partial charge in [-0.2, -0.15) is 5.10 Å². The van der Waals surface area contributed by atoms with Crippen LogP contribution in [0.25, 0.3) is 0 Å². The van der Waals surface area contributed by atoms with Crippen molar-refractivity contribution in [1.29, 1.82) is 0 Å². The Morgan fingerprint density at radius 1 is 0.929 bits per heavy atom. The second-order valence-corrected chi connectivity index (χ2v) is 8.10. The van der Waals surface area contributed by atoms with E-state index in [2.05, 4.69) is 0 Å². The highest BCUT2D eigenvalue weighted by molar-refractivity contribution is 7.89. The van der Waals surface area contributed by atoms with Crippen LogP contribution in [0.5, 0.6) is 0 Å². The highest BCUT2D eigenvalue weighted by Gasteiger charge is 2.31. The van der Waals surface area contributed by atoms with E-state index in [1.54, 1.807) is 35.3 Å². The van der Waals surface area contributed by atoms with Gasteiger partial charge >= 0.3 is 0 Å². The van der Waals surface area contributed by atoms with Gasteiger partial charge in [0.1, 0.15) is 5.82 Å². The van der Waals surface area contributed by atoms with Crippen LogP contribution in [-0.4, -0.2) is 14.1 Å². The van der Waals surface area contributed by atoms with Crippen molar-refractivity contribution >= 4 is 21.4 Å². The van der Waals surface area contributed by atoms with Crippen molar-refractivity contribution in [3.05, 3.63) is 95.8 Å². The molecule has 7 heteroatoms. The third-order valence-electron chi connectivity index (χ3n) is 4.71. The van der Waals surface area contributed by atoms with Crippen molar-refractivity contribution in [2.75, 3.05) is 5.01 Å². The monoisotopic (exact) mass is 395 g/mol. The summed E-state index contributed by atoms with van der Waals surface area (Å²) in [5.74, 6) is -0.303. The topological polar surface area (TPSA) is 75.8 Å². The number of sulfonamides is 1. The summed E-state index contributed by atoms with van der Waals surface area (Å²) >= 11 is 0. The minimum Gasteiger partial charge on any atom is -0.257 e. The van der Waals surface area contributed by atoms with Crippen LogP contribution in [0.1, 0.15) is 23.6 Å². The third-order valence-corrected chi connectivity index (χ3v) is 5.64. The lowest BCUT2D eigenvalue weighted by molar-refractivity contribution is 0.579.